The standard InChI is InChI=1S/C6H12NO/c1-7(2)6-4-3-5-8-6/h3-5H2,1-2H3. The molecule has 0 amide bonds. The van der Waals surface area contributed by atoms with Gasteiger partial charge in [-0.05, 0) is 26.9 Å². The van der Waals surface area contributed by atoms with Crippen molar-refractivity contribution in [3.63, 3.8) is 0 Å². The van der Waals surface area contributed by atoms with E-state index in [0.29, 0.717) is 0 Å². The lowest BCUT2D eigenvalue weighted by molar-refractivity contribution is 0.107. The fourth-order valence-corrected chi connectivity index (χ4v) is 0.838. The van der Waals surface area contributed by atoms with Crippen LogP contribution in [0.1, 0.15) is 12.8 Å². The number of hydrogen-bond donors (Lipinski definition) is 0. The molecule has 0 unspecified atom stereocenters. The molecule has 0 N–H and O–H groups in total. The lowest BCUT2D eigenvalue weighted by Gasteiger charge is -2.14. The summed E-state index contributed by atoms with van der Waals surface area (Å²) in [5, 5.41) is 0. The first-order valence-corrected chi connectivity index (χ1v) is 2.96. The molecule has 1 radical (unpaired) electrons. The SMILES string of the molecule is CN(C)[C]1CCCO1. The van der Waals surface area contributed by atoms with Crippen LogP contribution in [0.5, 0.6) is 0 Å². The first-order chi connectivity index (χ1) is 3.80. The van der Waals surface area contributed by atoms with Crippen LogP contribution < -0.4 is 0 Å². The first kappa shape index (κ1) is 6.05. The van der Waals surface area contributed by atoms with Gasteiger partial charge in [0.25, 0.3) is 0 Å². The molecule has 1 aliphatic heterocycles. The highest BCUT2D eigenvalue weighted by molar-refractivity contribution is 4.79. The van der Waals surface area contributed by atoms with E-state index in [-0.39, 0.29) is 0 Å². The molecule has 1 fully saturated rings. The molecule has 0 bridgehead atoms. The van der Waals surface area contributed by atoms with E-state index in [2.05, 4.69) is 0 Å². The summed E-state index contributed by atoms with van der Waals surface area (Å²) < 4.78 is 5.26. The predicted molar refractivity (Wildman–Crippen MR) is 32.1 cm³/mol. The van der Waals surface area contributed by atoms with Crippen molar-refractivity contribution in [2.75, 3.05) is 20.7 Å². The molecule has 0 aliphatic carbocycles. The van der Waals surface area contributed by atoms with Crippen molar-refractivity contribution in [1.29, 1.82) is 0 Å². The van der Waals surface area contributed by atoms with E-state index < -0.39 is 0 Å². The number of ether oxygens (including phenoxy) is 1. The largest absolute Gasteiger partial charge is 0.356 e. The summed E-state index contributed by atoms with van der Waals surface area (Å²) in [6, 6.07) is 0. The first-order valence-electron chi connectivity index (χ1n) is 2.96. The van der Waals surface area contributed by atoms with Crippen molar-refractivity contribution in [2.45, 2.75) is 12.8 Å². The lowest BCUT2D eigenvalue weighted by Crippen LogP contribution is -2.17. The van der Waals surface area contributed by atoms with E-state index in [4.69, 9.17) is 4.74 Å². The van der Waals surface area contributed by atoms with E-state index in [1.807, 2.05) is 19.0 Å². The Balaban J connectivity index is 2.24. The zero-order valence-corrected chi connectivity index (χ0v) is 5.48. The molecule has 0 saturated carbocycles. The Labute approximate surface area is 50.4 Å². The van der Waals surface area contributed by atoms with Gasteiger partial charge in [-0.2, -0.15) is 0 Å². The molecule has 1 heterocycles. The lowest BCUT2D eigenvalue weighted by atomic mass is 10.3. The van der Waals surface area contributed by atoms with Gasteiger partial charge in [0.2, 0.25) is 0 Å². The second-order valence-electron chi connectivity index (χ2n) is 2.24. The molecule has 0 aromatic carbocycles. The molecule has 0 aromatic rings. The van der Waals surface area contributed by atoms with Gasteiger partial charge in [-0.25, -0.2) is 0 Å². The third-order valence-corrected chi connectivity index (χ3v) is 1.30. The van der Waals surface area contributed by atoms with Crippen molar-refractivity contribution in [3.05, 3.63) is 6.23 Å². The molecule has 1 saturated heterocycles. The zero-order chi connectivity index (χ0) is 5.98. The van der Waals surface area contributed by atoms with Crippen molar-refractivity contribution >= 4 is 0 Å². The topological polar surface area (TPSA) is 12.5 Å². The molecule has 0 atom stereocenters. The van der Waals surface area contributed by atoms with Gasteiger partial charge < -0.3 is 4.74 Å². The minimum absolute atomic E-state index is 0.910. The van der Waals surface area contributed by atoms with Gasteiger partial charge in [-0.1, -0.05) is 0 Å². The second-order valence-corrected chi connectivity index (χ2v) is 2.24. The zero-order valence-electron chi connectivity index (χ0n) is 5.48. The van der Waals surface area contributed by atoms with Crippen LogP contribution in [0.25, 0.3) is 0 Å². The summed E-state index contributed by atoms with van der Waals surface area (Å²) in [6.45, 7) is 0.910. The van der Waals surface area contributed by atoms with Gasteiger partial charge in [0.15, 0.2) is 6.23 Å². The average Bonchev–Trinajstić information content (AvgIpc) is 2.12. The van der Waals surface area contributed by atoms with Crippen LogP contribution in [0, 0.1) is 6.23 Å². The Hall–Kier alpha value is -0.0800. The maximum atomic E-state index is 5.26. The number of rotatable bonds is 1. The van der Waals surface area contributed by atoms with Gasteiger partial charge in [0, 0.05) is 6.61 Å². The van der Waals surface area contributed by atoms with E-state index >= 15 is 0 Å². The molecule has 1 aliphatic rings. The van der Waals surface area contributed by atoms with Crippen LogP contribution in [-0.4, -0.2) is 25.6 Å². The van der Waals surface area contributed by atoms with Gasteiger partial charge >= 0.3 is 0 Å². The Kier molecular flexibility index (Phi) is 1.86. The van der Waals surface area contributed by atoms with Gasteiger partial charge in [0.05, 0.1) is 0 Å². The van der Waals surface area contributed by atoms with Crippen LogP contribution >= 0.6 is 0 Å². The highest BCUT2D eigenvalue weighted by Crippen LogP contribution is 2.20. The van der Waals surface area contributed by atoms with Gasteiger partial charge in [-0.15, -0.1) is 0 Å². The summed E-state index contributed by atoms with van der Waals surface area (Å²) in [4.78, 5) is 2.03. The summed E-state index contributed by atoms with van der Waals surface area (Å²) in [7, 11) is 4.03. The molecule has 2 heteroatoms. The summed E-state index contributed by atoms with van der Waals surface area (Å²) in [6.07, 6.45) is 3.44. The van der Waals surface area contributed by atoms with Crippen molar-refractivity contribution in [1.82, 2.24) is 4.90 Å². The monoisotopic (exact) mass is 114 g/mol. The molecule has 0 aromatic heterocycles. The van der Waals surface area contributed by atoms with Crippen LogP contribution in [0.15, 0.2) is 0 Å². The molecule has 8 heavy (non-hydrogen) atoms. The Morgan fingerprint density at radius 1 is 1.50 bits per heavy atom. The average molecular weight is 114 g/mol. The molecule has 47 valence electrons. The molecule has 1 rings (SSSR count). The maximum absolute atomic E-state index is 5.26. The highest BCUT2D eigenvalue weighted by Gasteiger charge is 2.18. The number of hydrogen-bond acceptors (Lipinski definition) is 2. The summed E-state index contributed by atoms with van der Waals surface area (Å²) in [5.41, 5.74) is 0. The third-order valence-electron chi connectivity index (χ3n) is 1.30. The molecule has 2 nitrogen and oxygen atoms in total. The summed E-state index contributed by atoms with van der Waals surface area (Å²) in [5.74, 6) is 0. The smallest absolute Gasteiger partial charge is 0.164 e. The number of nitrogens with zero attached hydrogens (tertiary/aromatic N) is 1. The third kappa shape index (κ3) is 1.20. The van der Waals surface area contributed by atoms with Crippen molar-refractivity contribution in [2.24, 2.45) is 0 Å². The van der Waals surface area contributed by atoms with E-state index in [1.54, 1.807) is 0 Å². The van der Waals surface area contributed by atoms with Crippen LogP contribution in [0.2, 0.25) is 0 Å². The second kappa shape index (κ2) is 2.46. The quantitative estimate of drug-likeness (QED) is 0.501. The normalized spacial score (nSPS) is 22.9. The van der Waals surface area contributed by atoms with E-state index in [9.17, 15) is 0 Å². The van der Waals surface area contributed by atoms with Gasteiger partial charge in [0.1, 0.15) is 0 Å². The minimum Gasteiger partial charge on any atom is -0.356 e. The minimum atomic E-state index is 0.910. The van der Waals surface area contributed by atoms with Crippen molar-refractivity contribution in [3.8, 4) is 0 Å². The van der Waals surface area contributed by atoms with Crippen LogP contribution in [0.3, 0.4) is 0 Å². The van der Waals surface area contributed by atoms with Crippen LogP contribution in [-0.2, 0) is 4.74 Å². The van der Waals surface area contributed by atoms with E-state index in [0.717, 1.165) is 19.3 Å². The predicted octanol–water partition coefficient (Wildman–Crippen LogP) is 0.848. The molecular formula is C6H12NO. The maximum Gasteiger partial charge on any atom is 0.164 e. The van der Waals surface area contributed by atoms with Crippen LogP contribution in [0.4, 0.5) is 0 Å². The molecular weight excluding hydrogens is 102 g/mol. The fourth-order valence-electron chi connectivity index (χ4n) is 0.838. The molecule has 0 spiro atoms. The Bertz CT molecular complexity index is 66.9. The Morgan fingerprint density at radius 2 is 2.25 bits per heavy atom. The summed E-state index contributed by atoms with van der Waals surface area (Å²) >= 11 is 0. The fraction of sp³-hybridized carbons (Fsp3) is 0.833. The van der Waals surface area contributed by atoms with Crippen molar-refractivity contribution < 1.29 is 4.74 Å². The highest BCUT2D eigenvalue weighted by atomic mass is 16.5. The Morgan fingerprint density at radius 3 is 2.50 bits per heavy atom. The van der Waals surface area contributed by atoms with Gasteiger partial charge in [-0.3, -0.25) is 4.90 Å². The van der Waals surface area contributed by atoms with E-state index in [1.165, 1.54) is 6.42 Å².